The Hall–Kier alpha value is -1.06. The number of hydrogen-bond donors (Lipinski definition) is 0. The molecule has 1 aromatic rings. The molecule has 0 amide bonds. The molecule has 0 bridgehead atoms. The van der Waals surface area contributed by atoms with Gasteiger partial charge in [0.2, 0.25) is 0 Å². The molecule has 0 heterocycles. The summed E-state index contributed by atoms with van der Waals surface area (Å²) in [5.41, 5.74) is 1.17. The van der Waals surface area contributed by atoms with E-state index in [0.717, 1.165) is 61.6 Å². The van der Waals surface area contributed by atoms with Gasteiger partial charge in [0.15, 0.2) is 0 Å². The standard InChI is InChI=1S/C58H110O7/c1-49(2)20-14-22-51(5)24-16-26-53(7)28-18-30-55(9)34-36-62-47-58(65-37-35-56(10)31-19-29-54(8)27-17-25-52(6)23-15-21-50(3)4)48-64-45-43-61-41-39-59-38-40-60-42-44-63-46-57-32-12-11-13-33-57/h11-13,32-33,49-56,58H,14-31,34-48H2,1-10H3/t51-,52-,53-,54-,55?,56?,58-/m0/s1. The first-order chi connectivity index (χ1) is 31.4. The Bertz CT molecular complexity index is 1100. The molecule has 0 fully saturated rings. The molecule has 0 aromatic heterocycles. The monoisotopic (exact) mass is 919 g/mol. The molecule has 7 atom stereocenters. The van der Waals surface area contributed by atoms with E-state index in [1.54, 1.807) is 0 Å². The van der Waals surface area contributed by atoms with Crippen molar-refractivity contribution < 1.29 is 33.2 Å². The molecule has 0 aliphatic rings. The number of benzene rings is 1. The van der Waals surface area contributed by atoms with E-state index in [4.69, 9.17) is 33.2 Å². The predicted octanol–water partition coefficient (Wildman–Crippen LogP) is 15.6. The van der Waals surface area contributed by atoms with Gasteiger partial charge < -0.3 is 33.2 Å². The highest BCUT2D eigenvalue weighted by Crippen LogP contribution is 2.24. The first-order valence-electron chi connectivity index (χ1n) is 27.6. The number of ether oxygens (including phenoxy) is 7. The molecule has 0 N–H and O–H groups in total. The van der Waals surface area contributed by atoms with Gasteiger partial charge in [-0.25, -0.2) is 0 Å². The minimum Gasteiger partial charge on any atom is -0.379 e. The molecule has 7 nitrogen and oxygen atoms in total. The quantitative estimate of drug-likeness (QED) is 0.0603. The normalized spacial score (nSPS) is 15.4. The van der Waals surface area contributed by atoms with Crippen LogP contribution in [0, 0.1) is 47.3 Å². The van der Waals surface area contributed by atoms with Crippen LogP contribution in [0.3, 0.4) is 0 Å². The molecule has 0 saturated carbocycles. The molecular formula is C58H110O7. The van der Waals surface area contributed by atoms with Gasteiger partial charge in [0.25, 0.3) is 0 Å². The topological polar surface area (TPSA) is 64.6 Å². The van der Waals surface area contributed by atoms with Crippen molar-refractivity contribution in [1.29, 1.82) is 0 Å². The van der Waals surface area contributed by atoms with Crippen LogP contribution in [0.25, 0.3) is 0 Å². The molecule has 65 heavy (non-hydrogen) atoms. The zero-order valence-corrected chi connectivity index (χ0v) is 44.8. The SMILES string of the molecule is CC(C)CCC[C@H](C)CCC[C@H](C)CCCC(C)CCOC[C@@H](COCCOCCOCCOCCOCc1ccccc1)OCCC(C)CCC[C@@H](C)CCC[C@@H](C)CCCC(C)C. The Morgan fingerprint density at radius 2 is 0.615 bits per heavy atom. The van der Waals surface area contributed by atoms with E-state index < -0.39 is 0 Å². The van der Waals surface area contributed by atoms with Crippen LogP contribution in [0.15, 0.2) is 30.3 Å². The average molecular weight is 920 g/mol. The van der Waals surface area contributed by atoms with Crippen molar-refractivity contribution in [3.05, 3.63) is 35.9 Å². The lowest BCUT2D eigenvalue weighted by molar-refractivity contribution is -0.0723. The minimum atomic E-state index is -0.0591. The summed E-state index contributed by atoms with van der Waals surface area (Å²) in [4.78, 5) is 0. The Labute approximate surface area is 404 Å². The van der Waals surface area contributed by atoms with Gasteiger partial charge in [-0.3, -0.25) is 0 Å². The molecule has 2 unspecified atom stereocenters. The second kappa shape index (κ2) is 44.2. The predicted molar refractivity (Wildman–Crippen MR) is 277 cm³/mol. The highest BCUT2D eigenvalue weighted by molar-refractivity contribution is 5.13. The van der Waals surface area contributed by atoms with Gasteiger partial charge >= 0.3 is 0 Å². The van der Waals surface area contributed by atoms with Crippen molar-refractivity contribution >= 4 is 0 Å². The van der Waals surface area contributed by atoms with E-state index in [0.29, 0.717) is 84.5 Å². The van der Waals surface area contributed by atoms with Crippen LogP contribution in [0.1, 0.15) is 203 Å². The molecule has 0 radical (unpaired) electrons. The van der Waals surface area contributed by atoms with Crippen molar-refractivity contribution in [3.8, 4) is 0 Å². The van der Waals surface area contributed by atoms with E-state index in [1.165, 1.54) is 121 Å². The van der Waals surface area contributed by atoms with Gasteiger partial charge in [0.05, 0.1) is 72.7 Å². The van der Waals surface area contributed by atoms with Crippen LogP contribution in [-0.2, 0) is 39.8 Å². The Morgan fingerprint density at radius 3 is 1.00 bits per heavy atom. The molecule has 0 aliphatic carbocycles. The van der Waals surface area contributed by atoms with Crippen molar-refractivity contribution in [1.82, 2.24) is 0 Å². The maximum Gasteiger partial charge on any atom is 0.104 e. The second-order valence-electron chi connectivity index (χ2n) is 21.6. The third-order valence-corrected chi connectivity index (χ3v) is 13.5. The van der Waals surface area contributed by atoms with Crippen molar-refractivity contribution in [2.24, 2.45) is 47.3 Å². The van der Waals surface area contributed by atoms with E-state index >= 15 is 0 Å². The lowest BCUT2D eigenvalue weighted by Gasteiger charge is -2.21. The fraction of sp³-hybridized carbons (Fsp3) is 0.897. The molecule has 0 aliphatic heterocycles. The summed E-state index contributed by atoms with van der Waals surface area (Å²) in [5, 5.41) is 0. The molecular weight excluding hydrogens is 809 g/mol. The molecule has 0 saturated heterocycles. The lowest BCUT2D eigenvalue weighted by atomic mass is 9.91. The smallest absolute Gasteiger partial charge is 0.104 e. The summed E-state index contributed by atoms with van der Waals surface area (Å²) in [6, 6.07) is 10.2. The van der Waals surface area contributed by atoms with Crippen LogP contribution >= 0.6 is 0 Å². The fourth-order valence-electron chi connectivity index (χ4n) is 8.71. The second-order valence-corrected chi connectivity index (χ2v) is 21.6. The molecule has 0 spiro atoms. The zero-order chi connectivity index (χ0) is 47.6. The first-order valence-corrected chi connectivity index (χ1v) is 27.6. The summed E-state index contributed by atoms with van der Waals surface area (Å²) in [6.45, 7) is 31.6. The summed E-state index contributed by atoms with van der Waals surface area (Å²) in [6.07, 6.45) is 26.8. The average Bonchev–Trinajstić information content (AvgIpc) is 3.26. The Balaban J connectivity index is 2.28. The van der Waals surface area contributed by atoms with E-state index in [9.17, 15) is 0 Å². The summed E-state index contributed by atoms with van der Waals surface area (Å²) in [5.74, 6) is 6.45. The van der Waals surface area contributed by atoms with Gasteiger partial charge in [-0.15, -0.1) is 0 Å². The number of rotatable bonds is 49. The third-order valence-electron chi connectivity index (χ3n) is 13.5. The third kappa shape index (κ3) is 42.8. The molecule has 7 heteroatoms. The van der Waals surface area contributed by atoms with E-state index in [1.807, 2.05) is 18.2 Å². The van der Waals surface area contributed by atoms with Crippen LogP contribution in [-0.4, -0.2) is 85.4 Å². The van der Waals surface area contributed by atoms with E-state index in [-0.39, 0.29) is 6.10 Å². The maximum atomic E-state index is 6.43. The minimum absolute atomic E-state index is 0.0591. The van der Waals surface area contributed by atoms with Gasteiger partial charge in [-0.05, 0) is 65.7 Å². The fourth-order valence-corrected chi connectivity index (χ4v) is 8.71. The Kier molecular flexibility index (Phi) is 42.1. The zero-order valence-electron chi connectivity index (χ0n) is 44.8. The molecule has 1 aromatic carbocycles. The van der Waals surface area contributed by atoms with Gasteiger partial charge in [0, 0.05) is 13.2 Å². The first kappa shape index (κ1) is 62.0. The highest BCUT2D eigenvalue weighted by Gasteiger charge is 2.14. The van der Waals surface area contributed by atoms with Gasteiger partial charge in [-0.1, -0.05) is 215 Å². The maximum absolute atomic E-state index is 6.43. The van der Waals surface area contributed by atoms with Crippen LogP contribution < -0.4 is 0 Å². The molecule has 1 rings (SSSR count). The van der Waals surface area contributed by atoms with Crippen molar-refractivity contribution in [2.45, 2.75) is 210 Å². The van der Waals surface area contributed by atoms with Crippen LogP contribution in [0.2, 0.25) is 0 Å². The van der Waals surface area contributed by atoms with Crippen LogP contribution in [0.4, 0.5) is 0 Å². The lowest BCUT2D eigenvalue weighted by Crippen LogP contribution is -2.28. The summed E-state index contributed by atoms with van der Waals surface area (Å²) in [7, 11) is 0. The van der Waals surface area contributed by atoms with Gasteiger partial charge in [0.1, 0.15) is 6.10 Å². The highest BCUT2D eigenvalue weighted by atomic mass is 16.6. The largest absolute Gasteiger partial charge is 0.379 e. The Morgan fingerprint density at radius 1 is 0.308 bits per heavy atom. The van der Waals surface area contributed by atoms with Crippen molar-refractivity contribution in [2.75, 3.05) is 79.3 Å². The summed E-state index contributed by atoms with van der Waals surface area (Å²) >= 11 is 0. The van der Waals surface area contributed by atoms with Crippen LogP contribution in [0.5, 0.6) is 0 Å². The van der Waals surface area contributed by atoms with E-state index in [2.05, 4.69) is 81.4 Å². The summed E-state index contributed by atoms with van der Waals surface area (Å²) < 4.78 is 41.5. The van der Waals surface area contributed by atoms with Gasteiger partial charge in [-0.2, -0.15) is 0 Å². The van der Waals surface area contributed by atoms with Crippen molar-refractivity contribution in [3.63, 3.8) is 0 Å². The number of hydrogen-bond acceptors (Lipinski definition) is 7. The molecule has 384 valence electrons.